The van der Waals surface area contributed by atoms with Crippen molar-refractivity contribution in [2.24, 2.45) is 11.8 Å². The van der Waals surface area contributed by atoms with Gasteiger partial charge in [-0.1, -0.05) is 0 Å². The average molecular weight is 196 g/mol. The lowest BCUT2D eigenvalue weighted by Gasteiger charge is -2.14. The standard InChI is InChI=1S/C11H20N2O/c1-12-5-3-9(7-12)11(14)10-4-6-13(2)8-10/h9-10H,3-8H2,1-2H3/t9-,10-/m0/s1. The molecule has 0 aliphatic carbocycles. The summed E-state index contributed by atoms with van der Waals surface area (Å²) in [6.07, 6.45) is 2.16. The zero-order chi connectivity index (χ0) is 10.1. The Balaban J connectivity index is 1.89. The maximum absolute atomic E-state index is 12.1. The molecule has 2 saturated heterocycles. The molecule has 2 heterocycles. The molecule has 14 heavy (non-hydrogen) atoms. The molecule has 2 aliphatic rings. The van der Waals surface area contributed by atoms with Crippen molar-refractivity contribution in [1.82, 2.24) is 9.80 Å². The smallest absolute Gasteiger partial charge is 0.141 e. The number of hydrogen-bond donors (Lipinski definition) is 0. The van der Waals surface area contributed by atoms with Crippen LogP contribution in [0.1, 0.15) is 12.8 Å². The molecule has 0 aromatic carbocycles. The molecule has 2 rings (SSSR count). The van der Waals surface area contributed by atoms with Crippen LogP contribution in [-0.4, -0.2) is 55.9 Å². The summed E-state index contributed by atoms with van der Waals surface area (Å²) < 4.78 is 0. The molecule has 3 nitrogen and oxygen atoms in total. The van der Waals surface area contributed by atoms with E-state index in [0.29, 0.717) is 17.6 Å². The molecule has 2 atom stereocenters. The highest BCUT2D eigenvalue weighted by Crippen LogP contribution is 2.24. The summed E-state index contributed by atoms with van der Waals surface area (Å²) in [6, 6.07) is 0. The fourth-order valence-corrected chi connectivity index (χ4v) is 2.67. The van der Waals surface area contributed by atoms with Gasteiger partial charge in [0.05, 0.1) is 0 Å². The third-order valence-electron chi connectivity index (χ3n) is 3.59. The minimum absolute atomic E-state index is 0.330. The van der Waals surface area contributed by atoms with Crippen molar-refractivity contribution in [2.75, 3.05) is 40.3 Å². The van der Waals surface area contributed by atoms with Crippen molar-refractivity contribution < 1.29 is 4.79 Å². The summed E-state index contributed by atoms with van der Waals surface area (Å²) in [7, 11) is 4.21. The fraction of sp³-hybridized carbons (Fsp3) is 0.909. The molecule has 0 aromatic heterocycles. The topological polar surface area (TPSA) is 23.6 Å². The van der Waals surface area contributed by atoms with Crippen LogP contribution in [0.2, 0.25) is 0 Å². The quantitative estimate of drug-likeness (QED) is 0.641. The SMILES string of the molecule is CN1CC[C@H](C(=O)[C@H]2CCN(C)C2)C1. The van der Waals surface area contributed by atoms with Gasteiger partial charge in [0.2, 0.25) is 0 Å². The Bertz CT molecular complexity index is 207. The summed E-state index contributed by atoms with van der Waals surface area (Å²) in [6.45, 7) is 4.16. The zero-order valence-electron chi connectivity index (χ0n) is 9.20. The molecule has 3 heteroatoms. The summed E-state index contributed by atoms with van der Waals surface area (Å²) in [5.74, 6) is 1.19. The van der Waals surface area contributed by atoms with Gasteiger partial charge in [0.25, 0.3) is 0 Å². The van der Waals surface area contributed by atoms with E-state index in [2.05, 4.69) is 23.9 Å². The van der Waals surface area contributed by atoms with Crippen LogP contribution in [0.3, 0.4) is 0 Å². The van der Waals surface area contributed by atoms with E-state index >= 15 is 0 Å². The first-order chi connectivity index (χ1) is 6.66. The van der Waals surface area contributed by atoms with Crippen molar-refractivity contribution in [1.29, 1.82) is 0 Å². The van der Waals surface area contributed by atoms with Gasteiger partial charge in [0.1, 0.15) is 5.78 Å². The first-order valence-electron chi connectivity index (χ1n) is 5.57. The van der Waals surface area contributed by atoms with Gasteiger partial charge >= 0.3 is 0 Å². The number of carbonyl (C=O) groups excluding carboxylic acids is 1. The van der Waals surface area contributed by atoms with Gasteiger partial charge in [0.15, 0.2) is 0 Å². The second kappa shape index (κ2) is 3.99. The molecule has 80 valence electrons. The van der Waals surface area contributed by atoms with E-state index in [1.807, 2.05) is 0 Å². The van der Waals surface area contributed by atoms with Crippen molar-refractivity contribution in [3.8, 4) is 0 Å². The van der Waals surface area contributed by atoms with Crippen LogP contribution in [-0.2, 0) is 4.79 Å². The Labute approximate surface area is 86.1 Å². The van der Waals surface area contributed by atoms with Gasteiger partial charge in [-0.2, -0.15) is 0 Å². The van der Waals surface area contributed by atoms with Crippen LogP contribution < -0.4 is 0 Å². The van der Waals surface area contributed by atoms with Crippen LogP contribution in [0.4, 0.5) is 0 Å². The van der Waals surface area contributed by atoms with Gasteiger partial charge in [-0.15, -0.1) is 0 Å². The molecular weight excluding hydrogens is 176 g/mol. The minimum atomic E-state index is 0.330. The number of Topliss-reactive ketones (excluding diaryl/α,β-unsaturated/α-hetero) is 1. The van der Waals surface area contributed by atoms with Crippen LogP contribution in [0, 0.1) is 11.8 Å². The number of nitrogens with zero attached hydrogens (tertiary/aromatic N) is 2. The summed E-state index contributed by atoms with van der Waals surface area (Å²) >= 11 is 0. The lowest BCUT2D eigenvalue weighted by molar-refractivity contribution is -0.126. The van der Waals surface area contributed by atoms with Gasteiger partial charge < -0.3 is 9.80 Å². The van der Waals surface area contributed by atoms with Crippen molar-refractivity contribution >= 4 is 5.78 Å². The van der Waals surface area contributed by atoms with E-state index in [0.717, 1.165) is 39.0 Å². The molecule has 0 aromatic rings. The van der Waals surface area contributed by atoms with Gasteiger partial charge in [-0.3, -0.25) is 4.79 Å². The predicted octanol–water partition coefficient (Wildman–Crippen LogP) is 0.459. The van der Waals surface area contributed by atoms with Crippen molar-refractivity contribution in [3.05, 3.63) is 0 Å². The largest absolute Gasteiger partial charge is 0.306 e. The molecule has 0 saturated carbocycles. The number of rotatable bonds is 2. The van der Waals surface area contributed by atoms with E-state index in [1.165, 1.54) is 0 Å². The Kier molecular flexibility index (Phi) is 2.88. The molecule has 0 spiro atoms. The highest BCUT2D eigenvalue weighted by Gasteiger charge is 2.34. The van der Waals surface area contributed by atoms with E-state index in [-0.39, 0.29) is 0 Å². The maximum Gasteiger partial charge on any atom is 0.141 e. The number of likely N-dealkylation sites (tertiary alicyclic amines) is 2. The molecule has 0 radical (unpaired) electrons. The molecular formula is C11H20N2O. The van der Waals surface area contributed by atoms with E-state index < -0.39 is 0 Å². The number of ketones is 1. The fourth-order valence-electron chi connectivity index (χ4n) is 2.67. The summed E-state index contributed by atoms with van der Waals surface area (Å²) in [5.41, 5.74) is 0. The normalized spacial score (nSPS) is 35.3. The monoisotopic (exact) mass is 196 g/mol. The number of hydrogen-bond acceptors (Lipinski definition) is 3. The second-order valence-corrected chi connectivity index (χ2v) is 4.90. The first kappa shape index (κ1) is 10.1. The predicted molar refractivity (Wildman–Crippen MR) is 56.2 cm³/mol. The average Bonchev–Trinajstić information content (AvgIpc) is 2.73. The second-order valence-electron chi connectivity index (χ2n) is 4.90. The summed E-state index contributed by atoms with van der Waals surface area (Å²) in [5, 5.41) is 0. The van der Waals surface area contributed by atoms with Crippen LogP contribution in [0.25, 0.3) is 0 Å². The molecule has 2 aliphatic heterocycles. The molecule has 0 bridgehead atoms. The first-order valence-corrected chi connectivity index (χ1v) is 5.57. The lowest BCUT2D eigenvalue weighted by atomic mass is 9.91. The van der Waals surface area contributed by atoms with Gasteiger partial charge in [-0.05, 0) is 40.0 Å². The Morgan fingerprint density at radius 3 is 1.71 bits per heavy atom. The molecule has 0 N–H and O–H groups in total. The Morgan fingerprint density at radius 2 is 1.43 bits per heavy atom. The third-order valence-corrected chi connectivity index (χ3v) is 3.59. The maximum atomic E-state index is 12.1. The highest BCUT2D eigenvalue weighted by molar-refractivity contribution is 5.84. The van der Waals surface area contributed by atoms with Crippen LogP contribution in [0.15, 0.2) is 0 Å². The molecule has 0 unspecified atom stereocenters. The Hall–Kier alpha value is -0.410. The van der Waals surface area contributed by atoms with Crippen LogP contribution in [0.5, 0.6) is 0 Å². The third kappa shape index (κ3) is 1.98. The summed E-state index contributed by atoms with van der Waals surface area (Å²) in [4.78, 5) is 16.6. The van der Waals surface area contributed by atoms with Crippen molar-refractivity contribution in [3.63, 3.8) is 0 Å². The highest BCUT2D eigenvalue weighted by atomic mass is 16.1. The van der Waals surface area contributed by atoms with Crippen LogP contribution >= 0.6 is 0 Å². The van der Waals surface area contributed by atoms with E-state index in [9.17, 15) is 4.79 Å². The Morgan fingerprint density at radius 1 is 1.00 bits per heavy atom. The van der Waals surface area contributed by atoms with E-state index in [4.69, 9.17) is 0 Å². The lowest BCUT2D eigenvalue weighted by Crippen LogP contribution is -2.27. The van der Waals surface area contributed by atoms with Crippen molar-refractivity contribution in [2.45, 2.75) is 12.8 Å². The molecule has 0 amide bonds. The zero-order valence-corrected chi connectivity index (χ0v) is 9.20. The van der Waals surface area contributed by atoms with E-state index in [1.54, 1.807) is 0 Å². The molecule has 2 fully saturated rings. The number of carbonyl (C=O) groups is 1. The van der Waals surface area contributed by atoms with Gasteiger partial charge in [-0.25, -0.2) is 0 Å². The van der Waals surface area contributed by atoms with Gasteiger partial charge in [0, 0.05) is 24.9 Å². The minimum Gasteiger partial charge on any atom is -0.306 e.